The van der Waals surface area contributed by atoms with Gasteiger partial charge in [0.2, 0.25) is 0 Å². The molecule has 0 bridgehead atoms. The highest BCUT2D eigenvalue weighted by Gasteiger charge is 2.30. The lowest BCUT2D eigenvalue weighted by atomic mass is 9.90. The lowest BCUT2D eigenvalue weighted by molar-refractivity contribution is -0.00228. The van der Waals surface area contributed by atoms with Crippen LogP contribution in [0.15, 0.2) is 12.1 Å². The smallest absolute Gasteiger partial charge is 0.410 e. The van der Waals surface area contributed by atoms with Crippen molar-refractivity contribution in [2.45, 2.75) is 52.1 Å². The van der Waals surface area contributed by atoms with E-state index in [1.165, 1.54) is 22.3 Å². The van der Waals surface area contributed by atoms with Crippen molar-refractivity contribution in [3.8, 4) is 0 Å². The summed E-state index contributed by atoms with van der Waals surface area (Å²) in [6.45, 7) is 8.07. The molecule has 0 radical (unpaired) electrons. The van der Waals surface area contributed by atoms with Crippen LogP contribution in [-0.4, -0.2) is 36.8 Å². The van der Waals surface area contributed by atoms with Crippen LogP contribution in [0.5, 0.6) is 0 Å². The molecule has 126 valence electrons. The second-order valence-electron chi connectivity index (χ2n) is 7.24. The van der Waals surface area contributed by atoms with Gasteiger partial charge < -0.3 is 19.1 Å². The van der Waals surface area contributed by atoms with Crippen LogP contribution in [0.4, 0.5) is 4.79 Å². The summed E-state index contributed by atoms with van der Waals surface area (Å²) >= 11 is 0. The fourth-order valence-electron chi connectivity index (χ4n) is 3.15. The first kappa shape index (κ1) is 16.3. The molecule has 2 aliphatic heterocycles. The average Bonchev–Trinajstić information content (AvgIpc) is 2.94. The Bertz CT molecular complexity index is 606. The molecule has 0 spiro atoms. The van der Waals surface area contributed by atoms with Gasteiger partial charge in [0.15, 0.2) is 0 Å². The number of likely N-dealkylation sites (N-methyl/N-ethyl adjacent to an activating group) is 1. The maximum atomic E-state index is 12.2. The van der Waals surface area contributed by atoms with Crippen LogP contribution in [0, 0.1) is 0 Å². The van der Waals surface area contributed by atoms with Crippen molar-refractivity contribution in [2.75, 3.05) is 20.2 Å². The molecule has 2 aliphatic rings. The summed E-state index contributed by atoms with van der Waals surface area (Å²) in [5, 5.41) is 0. The summed E-state index contributed by atoms with van der Waals surface area (Å²) in [6, 6.07) is 4.33. The first-order valence-corrected chi connectivity index (χ1v) is 8.12. The van der Waals surface area contributed by atoms with Crippen LogP contribution in [0.1, 0.15) is 49.1 Å². The number of carbonyl (C=O) groups is 1. The summed E-state index contributed by atoms with van der Waals surface area (Å²) in [7, 11) is 1.76. The standard InChI is InChI=1S/C18H25NO4/c1-18(2,3)23-17(20)19(4)9-15-16-12(7-8-22-15)5-6-13-10-21-11-14(13)16/h5-6,15H,7-11H2,1-4H3/t15-/m1/s1. The molecule has 0 fully saturated rings. The first-order chi connectivity index (χ1) is 10.8. The van der Waals surface area contributed by atoms with Crippen LogP contribution < -0.4 is 0 Å². The summed E-state index contributed by atoms with van der Waals surface area (Å²) in [5.74, 6) is 0. The highest BCUT2D eigenvalue weighted by atomic mass is 16.6. The van der Waals surface area contributed by atoms with E-state index in [4.69, 9.17) is 14.2 Å². The van der Waals surface area contributed by atoms with Gasteiger partial charge in [-0.2, -0.15) is 0 Å². The number of fused-ring (bicyclic) bond motifs is 3. The Balaban J connectivity index is 1.78. The number of ether oxygens (including phenoxy) is 3. The van der Waals surface area contributed by atoms with Gasteiger partial charge in [-0.05, 0) is 49.4 Å². The Morgan fingerprint density at radius 2 is 2.04 bits per heavy atom. The minimum absolute atomic E-state index is 0.118. The molecule has 0 N–H and O–H groups in total. The molecule has 0 aliphatic carbocycles. The minimum atomic E-state index is -0.494. The number of carbonyl (C=O) groups excluding carboxylic acids is 1. The average molecular weight is 319 g/mol. The lowest BCUT2D eigenvalue weighted by Gasteiger charge is -2.32. The zero-order chi connectivity index (χ0) is 16.6. The molecule has 23 heavy (non-hydrogen) atoms. The molecule has 1 atom stereocenters. The molecule has 2 heterocycles. The third-order valence-corrected chi connectivity index (χ3v) is 4.21. The second-order valence-corrected chi connectivity index (χ2v) is 7.24. The number of nitrogens with zero attached hydrogens (tertiary/aromatic N) is 1. The zero-order valence-corrected chi connectivity index (χ0v) is 14.3. The van der Waals surface area contributed by atoms with Crippen LogP contribution in [0.25, 0.3) is 0 Å². The molecule has 3 rings (SSSR count). The third-order valence-electron chi connectivity index (χ3n) is 4.21. The van der Waals surface area contributed by atoms with Crippen molar-refractivity contribution in [2.24, 2.45) is 0 Å². The molecule has 0 saturated carbocycles. The van der Waals surface area contributed by atoms with Gasteiger partial charge in [0.1, 0.15) is 11.7 Å². The quantitative estimate of drug-likeness (QED) is 0.840. The highest BCUT2D eigenvalue weighted by Crippen LogP contribution is 2.36. The van der Waals surface area contributed by atoms with Crippen LogP contribution in [-0.2, 0) is 33.8 Å². The lowest BCUT2D eigenvalue weighted by Crippen LogP contribution is -2.38. The van der Waals surface area contributed by atoms with Crippen molar-refractivity contribution < 1.29 is 19.0 Å². The van der Waals surface area contributed by atoms with Crippen LogP contribution >= 0.6 is 0 Å². The summed E-state index contributed by atoms with van der Waals surface area (Å²) in [4.78, 5) is 13.8. The molecule has 0 saturated heterocycles. The SMILES string of the molecule is CN(C[C@H]1OCCc2ccc3c(c21)COC3)C(=O)OC(C)(C)C. The highest BCUT2D eigenvalue weighted by molar-refractivity contribution is 5.67. The number of rotatable bonds is 2. The van der Waals surface area contributed by atoms with Crippen LogP contribution in [0.2, 0.25) is 0 Å². The van der Waals surface area contributed by atoms with Crippen molar-refractivity contribution in [3.63, 3.8) is 0 Å². The fourth-order valence-corrected chi connectivity index (χ4v) is 3.15. The van der Waals surface area contributed by atoms with Gasteiger partial charge in [-0.15, -0.1) is 0 Å². The van der Waals surface area contributed by atoms with Gasteiger partial charge in [0.05, 0.1) is 26.4 Å². The maximum Gasteiger partial charge on any atom is 0.410 e. The fraction of sp³-hybridized carbons (Fsp3) is 0.611. The van der Waals surface area contributed by atoms with E-state index in [0.29, 0.717) is 26.4 Å². The molecule has 0 unspecified atom stereocenters. The number of hydrogen-bond donors (Lipinski definition) is 0. The summed E-state index contributed by atoms with van der Waals surface area (Å²) in [5.41, 5.74) is 4.50. The van der Waals surface area contributed by atoms with Crippen molar-refractivity contribution in [1.82, 2.24) is 4.90 Å². The maximum absolute atomic E-state index is 12.2. The van der Waals surface area contributed by atoms with E-state index in [0.717, 1.165) is 6.42 Å². The van der Waals surface area contributed by atoms with Gasteiger partial charge in [-0.1, -0.05) is 12.1 Å². The van der Waals surface area contributed by atoms with E-state index >= 15 is 0 Å². The molecular weight excluding hydrogens is 294 g/mol. The van der Waals surface area contributed by atoms with E-state index in [2.05, 4.69) is 12.1 Å². The summed E-state index contributed by atoms with van der Waals surface area (Å²) < 4.78 is 17.0. The molecule has 1 aromatic carbocycles. The third kappa shape index (κ3) is 3.51. The Morgan fingerprint density at radius 3 is 2.78 bits per heavy atom. The normalized spacial score (nSPS) is 19.9. The topological polar surface area (TPSA) is 48.0 Å². The van der Waals surface area contributed by atoms with Gasteiger partial charge in [-0.25, -0.2) is 4.79 Å². The van der Waals surface area contributed by atoms with Gasteiger partial charge in [0, 0.05) is 7.05 Å². The van der Waals surface area contributed by atoms with E-state index in [9.17, 15) is 4.79 Å². The Morgan fingerprint density at radius 1 is 1.30 bits per heavy atom. The predicted octanol–water partition coefficient (Wildman–Crippen LogP) is 3.20. The van der Waals surface area contributed by atoms with E-state index in [1.54, 1.807) is 11.9 Å². The molecule has 5 heteroatoms. The van der Waals surface area contributed by atoms with Crippen LogP contribution in [0.3, 0.4) is 0 Å². The first-order valence-electron chi connectivity index (χ1n) is 8.12. The summed E-state index contributed by atoms with van der Waals surface area (Å²) in [6.07, 6.45) is 0.472. The van der Waals surface area contributed by atoms with Crippen molar-refractivity contribution in [3.05, 3.63) is 34.4 Å². The molecule has 0 aromatic heterocycles. The Hall–Kier alpha value is -1.59. The Labute approximate surface area is 137 Å². The number of amides is 1. The van der Waals surface area contributed by atoms with E-state index in [1.807, 2.05) is 20.8 Å². The predicted molar refractivity (Wildman–Crippen MR) is 86.2 cm³/mol. The number of hydrogen-bond acceptors (Lipinski definition) is 4. The molecular formula is C18H25NO4. The molecule has 5 nitrogen and oxygen atoms in total. The van der Waals surface area contributed by atoms with Gasteiger partial charge in [0.25, 0.3) is 0 Å². The second kappa shape index (κ2) is 6.13. The van der Waals surface area contributed by atoms with Crippen molar-refractivity contribution >= 4 is 6.09 Å². The van der Waals surface area contributed by atoms with Crippen molar-refractivity contribution in [1.29, 1.82) is 0 Å². The Kier molecular flexibility index (Phi) is 4.34. The number of benzene rings is 1. The minimum Gasteiger partial charge on any atom is -0.444 e. The van der Waals surface area contributed by atoms with Gasteiger partial charge >= 0.3 is 6.09 Å². The molecule has 1 amide bonds. The monoisotopic (exact) mass is 319 g/mol. The van der Waals surface area contributed by atoms with E-state index < -0.39 is 5.60 Å². The van der Waals surface area contributed by atoms with E-state index in [-0.39, 0.29) is 12.2 Å². The molecule has 1 aromatic rings. The zero-order valence-electron chi connectivity index (χ0n) is 14.3. The largest absolute Gasteiger partial charge is 0.444 e. The van der Waals surface area contributed by atoms with Gasteiger partial charge in [-0.3, -0.25) is 0 Å².